The lowest BCUT2D eigenvalue weighted by atomic mass is 10.2. The molecule has 1 aromatic rings. The van der Waals surface area contributed by atoms with Crippen LogP contribution in [0, 0.1) is 10.1 Å². The van der Waals surface area contributed by atoms with Crippen LogP contribution in [0.3, 0.4) is 0 Å². The number of hydrogen-bond donors (Lipinski definition) is 1. The van der Waals surface area contributed by atoms with Gasteiger partial charge < -0.3 is 14.6 Å². The van der Waals surface area contributed by atoms with Gasteiger partial charge in [0.1, 0.15) is 6.10 Å². The summed E-state index contributed by atoms with van der Waals surface area (Å²) in [5, 5.41) is 19.8. The summed E-state index contributed by atoms with van der Waals surface area (Å²) in [5.74, 6) is 0.145. The molecule has 0 fully saturated rings. The molecule has 6 nitrogen and oxygen atoms in total. The van der Waals surface area contributed by atoms with E-state index in [1.807, 2.05) is 0 Å². The molecular formula is C11H15NO5. The van der Waals surface area contributed by atoms with Gasteiger partial charge in [0, 0.05) is 13.2 Å². The molecule has 0 aliphatic heterocycles. The first kappa shape index (κ1) is 13.4. The molecule has 0 saturated heterocycles. The van der Waals surface area contributed by atoms with E-state index in [1.165, 1.54) is 25.3 Å². The van der Waals surface area contributed by atoms with Crippen molar-refractivity contribution in [3.63, 3.8) is 0 Å². The van der Waals surface area contributed by atoms with Crippen LogP contribution >= 0.6 is 0 Å². The van der Waals surface area contributed by atoms with E-state index in [4.69, 9.17) is 14.6 Å². The molecule has 94 valence electrons. The van der Waals surface area contributed by atoms with Crippen molar-refractivity contribution in [1.82, 2.24) is 0 Å². The van der Waals surface area contributed by atoms with Crippen molar-refractivity contribution in [3.05, 3.63) is 33.9 Å². The highest BCUT2D eigenvalue weighted by Gasteiger charge is 2.17. The fourth-order valence-corrected chi connectivity index (χ4v) is 1.39. The normalized spacial score (nSPS) is 12.2. The van der Waals surface area contributed by atoms with Crippen LogP contribution in [0.25, 0.3) is 0 Å². The van der Waals surface area contributed by atoms with E-state index in [-0.39, 0.29) is 24.1 Å². The predicted octanol–water partition coefficient (Wildman–Crippen LogP) is 1.50. The number of methoxy groups -OCH3 is 1. The lowest BCUT2D eigenvalue weighted by Crippen LogP contribution is -2.18. The van der Waals surface area contributed by atoms with Crippen molar-refractivity contribution in [3.8, 4) is 5.75 Å². The van der Waals surface area contributed by atoms with Gasteiger partial charge in [0.2, 0.25) is 0 Å². The van der Waals surface area contributed by atoms with Gasteiger partial charge in [-0.15, -0.1) is 0 Å². The molecule has 0 heterocycles. The van der Waals surface area contributed by atoms with Crippen LogP contribution in [-0.2, 0) is 11.3 Å². The highest BCUT2D eigenvalue weighted by Crippen LogP contribution is 2.28. The number of rotatable bonds is 6. The SMILES string of the molecule is COCC(C)Oc1cc(CO)ccc1[N+](=O)[O-]. The molecule has 6 heteroatoms. The van der Waals surface area contributed by atoms with Crippen LogP contribution in [0.2, 0.25) is 0 Å². The van der Waals surface area contributed by atoms with E-state index < -0.39 is 4.92 Å². The Bertz CT molecular complexity index is 393. The summed E-state index contributed by atoms with van der Waals surface area (Å²) in [4.78, 5) is 10.3. The van der Waals surface area contributed by atoms with Crippen molar-refractivity contribution in [2.45, 2.75) is 19.6 Å². The largest absolute Gasteiger partial charge is 0.481 e. The Kier molecular flexibility index (Phi) is 4.86. The monoisotopic (exact) mass is 241 g/mol. The summed E-state index contributed by atoms with van der Waals surface area (Å²) in [6, 6.07) is 4.27. The highest BCUT2D eigenvalue weighted by atomic mass is 16.6. The molecule has 0 spiro atoms. The quantitative estimate of drug-likeness (QED) is 0.603. The Labute approximate surface area is 98.9 Å². The van der Waals surface area contributed by atoms with Crippen LogP contribution < -0.4 is 4.74 Å². The van der Waals surface area contributed by atoms with Gasteiger partial charge in [-0.3, -0.25) is 10.1 Å². The molecule has 0 aliphatic carbocycles. The number of ether oxygens (including phenoxy) is 2. The Morgan fingerprint density at radius 2 is 2.24 bits per heavy atom. The van der Waals surface area contributed by atoms with Gasteiger partial charge in [0.25, 0.3) is 0 Å². The van der Waals surface area contributed by atoms with Gasteiger partial charge in [-0.25, -0.2) is 0 Å². The number of aliphatic hydroxyl groups excluding tert-OH is 1. The Morgan fingerprint density at radius 1 is 1.53 bits per heavy atom. The van der Waals surface area contributed by atoms with E-state index >= 15 is 0 Å². The first-order valence-corrected chi connectivity index (χ1v) is 5.12. The summed E-state index contributed by atoms with van der Waals surface area (Å²) < 4.78 is 10.3. The molecule has 1 atom stereocenters. The van der Waals surface area contributed by atoms with Gasteiger partial charge in [-0.05, 0) is 24.6 Å². The van der Waals surface area contributed by atoms with E-state index in [1.54, 1.807) is 6.92 Å². The van der Waals surface area contributed by atoms with Gasteiger partial charge >= 0.3 is 5.69 Å². The Hall–Kier alpha value is -1.66. The van der Waals surface area contributed by atoms with Crippen LogP contribution in [-0.4, -0.2) is 29.9 Å². The summed E-state index contributed by atoms with van der Waals surface area (Å²) in [6.07, 6.45) is -0.298. The molecule has 0 aromatic heterocycles. The number of nitro groups is 1. The van der Waals surface area contributed by atoms with Crippen molar-refractivity contribution in [1.29, 1.82) is 0 Å². The molecule has 0 amide bonds. The highest BCUT2D eigenvalue weighted by molar-refractivity contribution is 5.48. The Balaban J connectivity index is 2.96. The molecule has 1 N–H and O–H groups in total. The first-order valence-electron chi connectivity index (χ1n) is 5.12. The minimum Gasteiger partial charge on any atom is -0.481 e. The topological polar surface area (TPSA) is 81.8 Å². The second-order valence-electron chi connectivity index (χ2n) is 3.60. The summed E-state index contributed by atoms with van der Waals surface area (Å²) in [5.41, 5.74) is 0.445. The molecule has 1 unspecified atom stereocenters. The maximum Gasteiger partial charge on any atom is 0.310 e. The van der Waals surface area contributed by atoms with Crippen LogP contribution in [0.5, 0.6) is 5.75 Å². The number of nitrogens with zero attached hydrogens (tertiary/aromatic N) is 1. The van der Waals surface area contributed by atoms with Crippen LogP contribution in [0.15, 0.2) is 18.2 Å². The molecule has 0 bridgehead atoms. The predicted molar refractivity (Wildman–Crippen MR) is 61.0 cm³/mol. The van der Waals surface area contributed by atoms with E-state index in [0.29, 0.717) is 12.2 Å². The fraction of sp³-hybridized carbons (Fsp3) is 0.455. The van der Waals surface area contributed by atoms with Crippen molar-refractivity contribution in [2.24, 2.45) is 0 Å². The average Bonchev–Trinajstić information content (AvgIpc) is 2.28. The second kappa shape index (κ2) is 6.17. The van der Waals surface area contributed by atoms with Gasteiger partial charge in [-0.1, -0.05) is 0 Å². The lowest BCUT2D eigenvalue weighted by molar-refractivity contribution is -0.386. The second-order valence-corrected chi connectivity index (χ2v) is 3.60. The van der Waals surface area contributed by atoms with Gasteiger partial charge in [0.15, 0.2) is 5.75 Å². The van der Waals surface area contributed by atoms with Crippen LogP contribution in [0.1, 0.15) is 12.5 Å². The zero-order chi connectivity index (χ0) is 12.8. The van der Waals surface area contributed by atoms with E-state index in [9.17, 15) is 10.1 Å². The van der Waals surface area contributed by atoms with E-state index in [2.05, 4.69) is 0 Å². The molecule has 0 aliphatic rings. The minimum absolute atomic E-state index is 0.120. The molecular weight excluding hydrogens is 226 g/mol. The van der Waals surface area contributed by atoms with Gasteiger partial charge in [-0.2, -0.15) is 0 Å². The summed E-state index contributed by atoms with van der Waals surface area (Å²) >= 11 is 0. The third-order valence-corrected chi connectivity index (χ3v) is 2.13. The van der Waals surface area contributed by atoms with Crippen molar-refractivity contribution in [2.75, 3.05) is 13.7 Å². The molecule has 17 heavy (non-hydrogen) atoms. The Morgan fingerprint density at radius 3 is 2.76 bits per heavy atom. The summed E-state index contributed by atoms with van der Waals surface area (Å²) in [7, 11) is 1.53. The number of hydrogen-bond acceptors (Lipinski definition) is 5. The summed E-state index contributed by atoms with van der Waals surface area (Å²) in [6.45, 7) is 1.90. The zero-order valence-corrected chi connectivity index (χ0v) is 9.75. The third-order valence-electron chi connectivity index (χ3n) is 2.13. The zero-order valence-electron chi connectivity index (χ0n) is 9.75. The van der Waals surface area contributed by atoms with Crippen molar-refractivity contribution < 1.29 is 19.5 Å². The molecule has 0 saturated carbocycles. The minimum atomic E-state index is -0.518. The average molecular weight is 241 g/mol. The smallest absolute Gasteiger partial charge is 0.310 e. The number of aliphatic hydroxyl groups is 1. The van der Waals surface area contributed by atoms with Crippen LogP contribution in [0.4, 0.5) is 5.69 Å². The third kappa shape index (κ3) is 3.69. The first-order chi connectivity index (χ1) is 8.08. The maximum absolute atomic E-state index is 10.8. The molecule has 1 aromatic carbocycles. The number of nitro benzene ring substituents is 1. The lowest BCUT2D eigenvalue weighted by Gasteiger charge is -2.14. The standard InChI is InChI=1S/C11H15NO5/c1-8(7-16-2)17-11-5-9(6-13)3-4-10(11)12(14)15/h3-5,8,13H,6-7H2,1-2H3. The van der Waals surface area contributed by atoms with E-state index in [0.717, 1.165) is 0 Å². The molecule has 0 radical (unpaired) electrons. The molecule has 1 rings (SSSR count). The van der Waals surface area contributed by atoms with Gasteiger partial charge in [0.05, 0.1) is 18.1 Å². The van der Waals surface area contributed by atoms with Crippen molar-refractivity contribution >= 4 is 5.69 Å². The number of benzene rings is 1. The fourth-order valence-electron chi connectivity index (χ4n) is 1.39. The maximum atomic E-state index is 10.8.